The lowest BCUT2D eigenvalue weighted by atomic mass is 10.1. The van der Waals surface area contributed by atoms with Crippen molar-refractivity contribution >= 4 is 16.0 Å². The summed E-state index contributed by atoms with van der Waals surface area (Å²) in [5.74, 6) is -0.577. The van der Waals surface area contributed by atoms with E-state index in [1.54, 1.807) is 12.1 Å². The van der Waals surface area contributed by atoms with Crippen LogP contribution in [0.1, 0.15) is 17.5 Å². The van der Waals surface area contributed by atoms with Crippen molar-refractivity contribution in [2.75, 3.05) is 20.7 Å². The van der Waals surface area contributed by atoms with Crippen LogP contribution in [0.4, 0.5) is 0 Å². The summed E-state index contributed by atoms with van der Waals surface area (Å²) in [4.78, 5) is 11.4. The Labute approximate surface area is 113 Å². The van der Waals surface area contributed by atoms with Gasteiger partial charge in [0.25, 0.3) is 0 Å². The molecule has 6 heteroatoms. The highest BCUT2D eigenvalue weighted by molar-refractivity contribution is 7.89. The number of sulfonamides is 1. The molecule has 0 aromatic heterocycles. The molecule has 0 spiro atoms. The molecule has 1 aromatic rings. The summed E-state index contributed by atoms with van der Waals surface area (Å²) in [6, 6.07) is 5.18. The van der Waals surface area contributed by atoms with Crippen LogP contribution in [0.25, 0.3) is 0 Å². The largest absolute Gasteiger partial charge is 0.468 e. The molecule has 0 saturated carbocycles. The number of nitrogens with zero attached hydrogens (tertiary/aromatic N) is 1. The maximum absolute atomic E-state index is 12.3. The molecule has 1 aliphatic rings. The summed E-state index contributed by atoms with van der Waals surface area (Å²) >= 11 is 0. The van der Waals surface area contributed by atoms with E-state index in [1.165, 1.54) is 19.7 Å². The van der Waals surface area contributed by atoms with Crippen LogP contribution in [0.2, 0.25) is 0 Å². The van der Waals surface area contributed by atoms with E-state index in [4.69, 9.17) is 0 Å². The maximum Gasteiger partial charge on any atom is 0.321 e. The van der Waals surface area contributed by atoms with Crippen LogP contribution in [0.3, 0.4) is 0 Å². The maximum atomic E-state index is 12.3. The number of fused-ring (bicyclic) bond motifs is 1. The Morgan fingerprint density at radius 1 is 1.32 bits per heavy atom. The Morgan fingerprint density at radius 3 is 2.68 bits per heavy atom. The van der Waals surface area contributed by atoms with E-state index in [0.29, 0.717) is 0 Å². The van der Waals surface area contributed by atoms with E-state index in [0.717, 1.165) is 29.1 Å². The molecule has 0 atom stereocenters. The van der Waals surface area contributed by atoms with Gasteiger partial charge in [0.2, 0.25) is 10.0 Å². The molecule has 0 bridgehead atoms. The summed E-state index contributed by atoms with van der Waals surface area (Å²) in [7, 11) is -1.02. The zero-order chi connectivity index (χ0) is 14.0. The zero-order valence-electron chi connectivity index (χ0n) is 11.0. The molecule has 104 valence electrons. The standard InChI is InChI=1S/C13H17NO4S/c1-14(9-13(15)18-2)19(16,17)12-7-6-10-4-3-5-11(10)8-12/h6-8H,3-5,9H2,1-2H3. The molecule has 0 saturated heterocycles. The first-order valence-corrected chi connectivity index (χ1v) is 7.54. The van der Waals surface area contributed by atoms with Crippen molar-refractivity contribution in [1.29, 1.82) is 0 Å². The first-order chi connectivity index (χ1) is 8.95. The lowest BCUT2D eigenvalue weighted by Gasteiger charge is -2.16. The zero-order valence-corrected chi connectivity index (χ0v) is 11.9. The van der Waals surface area contributed by atoms with Gasteiger partial charge in [0.05, 0.1) is 12.0 Å². The van der Waals surface area contributed by atoms with E-state index < -0.39 is 16.0 Å². The monoisotopic (exact) mass is 283 g/mol. The topological polar surface area (TPSA) is 63.7 Å². The van der Waals surface area contributed by atoms with E-state index in [2.05, 4.69) is 4.74 Å². The van der Waals surface area contributed by atoms with Crippen LogP contribution in [0.15, 0.2) is 23.1 Å². The number of esters is 1. The summed E-state index contributed by atoms with van der Waals surface area (Å²) < 4.78 is 30.1. The van der Waals surface area contributed by atoms with Crippen molar-refractivity contribution in [1.82, 2.24) is 4.31 Å². The first kappa shape index (κ1) is 14.0. The van der Waals surface area contributed by atoms with E-state index in [1.807, 2.05) is 6.07 Å². The summed E-state index contributed by atoms with van der Waals surface area (Å²) in [5.41, 5.74) is 2.31. The number of carbonyl (C=O) groups is 1. The van der Waals surface area contributed by atoms with Gasteiger partial charge in [-0.3, -0.25) is 4.79 Å². The van der Waals surface area contributed by atoms with Crippen molar-refractivity contribution < 1.29 is 17.9 Å². The van der Waals surface area contributed by atoms with Crippen molar-refractivity contribution in [3.05, 3.63) is 29.3 Å². The normalized spacial score (nSPS) is 14.5. The molecule has 5 nitrogen and oxygen atoms in total. The van der Waals surface area contributed by atoms with Crippen LogP contribution in [-0.2, 0) is 32.4 Å². The number of hydrogen-bond donors (Lipinski definition) is 0. The Hall–Kier alpha value is -1.40. The van der Waals surface area contributed by atoms with Gasteiger partial charge in [-0.15, -0.1) is 0 Å². The molecule has 2 rings (SSSR count). The van der Waals surface area contributed by atoms with Gasteiger partial charge >= 0.3 is 5.97 Å². The highest BCUT2D eigenvalue weighted by Crippen LogP contribution is 2.25. The Bertz CT molecular complexity index is 595. The average Bonchev–Trinajstić information content (AvgIpc) is 2.85. The van der Waals surface area contributed by atoms with Gasteiger partial charge in [-0.05, 0) is 42.5 Å². The van der Waals surface area contributed by atoms with Crippen molar-refractivity contribution in [3.8, 4) is 0 Å². The fraction of sp³-hybridized carbons (Fsp3) is 0.462. The van der Waals surface area contributed by atoms with Gasteiger partial charge < -0.3 is 4.74 Å². The quantitative estimate of drug-likeness (QED) is 0.772. The number of likely N-dealkylation sites (N-methyl/N-ethyl adjacent to an activating group) is 1. The van der Waals surface area contributed by atoms with Gasteiger partial charge in [0, 0.05) is 7.05 Å². The smallest absolute Gasteiger partial charge is 0.321 e. The minimum Gasteiger partial charge on any atom is -0.468 e. The van der Waals surface area contributed by atoms with Crippen LogP contribution < -0.4 is 0 Å². The highest BCUT2D eigenvalue weighted by Gasteiger charge is 2.24. The van der Waals surface area contributed by atoms with E-state index >= 15 is 0 Å². The van der Waals surface area contributed by atoms with Gasteiger partial charge in [0.1, 0.15) is 6.54 Å². The lowest BCUT2D eigenvalue weighted by molar-refractivity contribution is -0.140. The fourth-order valence-corrected chi connectivity index (χ4v) is 3.39. The minimum absolute atomic E-state index is 0.236. The lowest BCUT2D eigenvalue weighted by Crippen LogP contribution is -2.32. The Morgan fingerprint density at radius 2 is 2.00 bits per heavy atom. The van der Waals surface area contributed by atoms with Gasteiger partial charge in [0.15, 0.2) is 0 Å². The number of benzene rings is 1. The fourth-order valence-electron chi connectivity index (χ4n) is 2.22. The number of rotatable bonds is 4. The number of carbonyl (C=O) groups excluding carboxylic acids is 1. The van der Waals surface area contributed by atoms with Crippen molar-refractivity contribution in [2.45, 2.75) is 24.2 Å². The van der Waals surface area contributed by atoms with Gasteiger partial charge in [-0.1, -0.05) is 6.07 Å². The first-order valence-electron chi connectivity index (χ1n) is 6.10. The van der Waals surface area contributed by atoms with E-state index in [-0.39, 0.29) is 11.4 Å². The highest BCUT2D eigenvalue weighted by atomic mass is 32.2. The summed E-state index contributed by atoms with van der Waals surface area (Å²) in [5, 5.41) is 0. The molecule has 19 heavy (non-hydrogen) atoms. The second-order valence-corrected chi connectivity index (χ2v) is 6.67. The third-order valence-electron chi connectivity index (χ3n) is 3.36. The van der Waals surface area contributed by atoms with Crippen LogP contribution in [0, 0.1) is 0 Å². The predicted molar refractivity (Wildman–Crippen MR) is 70.3 cm³/mol. The molecule has 0 unspecified atom stereocenters. The van der Waals surface area contributed by atoms with Gasteiger partial charge in [-0.25, -0.2) is 8.42 Å². The van der Waals surface area contributed by atoms with E-state index in [9.17, 15) is 13.2 Å². The number of hydrogen-bond acceptors (Lipinski definition) is 4. The third-order valence-corrected chi connectivity index (χ3v) is 5.16. The summed E-state index contributed by atoms with van der Waals surface area (Å²) in [6.45, 7) is -0.282. The van der Waals surface area contributed by atoms with Gasteiger partial charge in [-0.2, -0.15) is 4.31 Å². The molecule has 1 aliphatic carbocycles. The predicted octanol–water partition coefficient (Wildman–Crippen LogP) is 0.969. The second kappa shape index (κ2) is 5.30. The molecule has 0 amide bonds. The van der Waals surface area contributed by atoms with Crippen molar-refractivity contribution in [3.63, 3.8) is 0 Å². The number of methoxy groups -OCH3 is 1. The molecule has 0 heterocycles. The molecule has 0 N–H and O–H groups in total. The average molecular weight is 283 g/mol. The molecular formula is C13H17NO4S. The SMILES string of the molecule is COC(=O)CN(C)S(=O)(=O)c1ccc2c(c1)CCC2. The number of ether oxygens (including phenoxy) is 1. The second-order valence-electron chi connectivity index (χ2n) is 4.62. The van der Waals surface area contributed by atoms with Crippen LogP contribution in [-0.4, -0.2) is 39.4 Å². The third kappa shape index (κ3) is 2.79. The molecule has 1 aromatic carbocycles. The molecule has 0 fully saturated rings. The van der Waals surface area contributed by atoms with Crippen LogP contribution >= 0.6 is 0 Å². The molecule has 0 radical (unpaired) electrons. The number of aryl methyl sites for hydroxylation is 2. The molecule has 0 aliphatic heterocycles. The Kier molecular flexibility index (Phi) is 3.91. The van der Waals surface area contributed by atoms with Crippen LogP contribution in [0.5, 0.6) is 0 Å². The summed E-state index contributed by atoms with van der Waals surface area (Å²) in [6.07, 6.45) is 2.99. The van der Waals surface area contributed by atoms with Crippen molar-refractivity contribution in [2.24, 2.45) is 0 Å². The molecular weight excluding hydrogens is 266 g/mol. The Balaban J connectivity index is 2.26. The minimum atomic E-state index is -3.63.